The molecule has 3 aromatic heterocycles. The fourth-order valence-corrected chi connectivity index (χ4v) is 3.90. The van der Waals surface area contributed by atoms with Crippen LogP contribution in [0.4, 0.5) is 5.82 Å². The molecule has 0 aliphatic carbocycles. The molecular weight excluding hydrogens is 294 g/mol. The number of nitrogens with zero attached hydrogens (tertiary/aromatic N) is 3. The van der Waals surface area contributed by atoms with Gasteiger partial charge in [-0.3, -0.25) is 10.00 Å². The fraction of sp³-hybridized carbons (Fsp3) is 0.375. The van der Waals surface area contributed by atoms with E-state index in [0.717, 1.165) is 29.8 Å². The van der Waals surface area contributed by atoms with E-state index < -0.39 is 0 Å². The molecule has 1 fully saturated rings. The lowest BCUT2D eigenvalue weighted by atomic mass is 9.94. The second kappa shape index (κ2) is 5.70. The lowest BCUT2D eigenvalue weighted by Crippen LogP contribution is -2.34. The Kier molecular flexibility index (Phi) is 3.56. The smallest absolute Gasteiger partial charge is 0.183 e. The van der Waals surface area contributed by atoms with Crippen LogP contribution < -0.4 is 5.73 Å². The molecule has 22 heavy (non-hydrogen) atoms. The highest BCUT2D eigenvalue weighted by molar-refractivity contribution is 7.07. The molecular formula is C16H19N5S. The zero-order chi connectivity index (χ0) is 14.9. The van der Waals surface area contributed by atoms with E-state index in [1.54, 1.807) is 11.3 Å². The molecule has 4 heterocycles. The normalized spacial score (nSPS) is 19.7. The Morgan fingerprint density at radius 2 is 2.32 bits per heavy atom. The van der Waals surface area contributed by atoms with E-state index >= 15 is 0 Å². The molecule has 0 bridgehead atoms. The molecule has 3 N–H and O–H groups in total. The number of likely N-dealkylation sites (tertiary alicyclic amines) is 1. The molecule has 6 heteroatoms. The molecule has 5 nitrogen and oxygen atoms in total. The van der Waals surface area contributed by atoms with Gasteiger partial charge in [-0.1, -0.05) is 0 Å². The molecule has 3 aromatic rings. The first-order chi connectivity index (χ1) is 10.8. The van der Waals surface area contributed by atoms with Crippen molar-refractivity contribution < 1.29 is 0 Å². The summed E-state index contributed by atoms with van der Waals surface area (Å²) in [6.07, 6.45) is 2.41. The molecule has 114 valence electrons. The summed E-state index contributed by atoms with van der Waals surface area (Å²) in [6.45, 7) is 3.27. The van der Waals surface area contributed by atoms with E-state index in [4.69, 9.17) is 10.7 Å². The Bertz CT molecular complexity index is 764. The van der Waals surface area contributed by atoms with Crippen LogP contribution in [0.15, 0.2) is 29.0 Å². The molecule has 0 radical (unpaired) electrons. The first kappa shape index (κ1) is 13.7. The van der Waals surface area contributed by atoms with Gasteiger partial charge in [0.2, 0.25) is 0 Å². The number of aromatic nitrogens is 3. The van der Waals surface area contributed by atoms with E-state index in [1.165, 1.54) is 24.9 Å². The van der Waals surface area contributed by atoms with Crippen LogP contribution in [0.5, 0.6) is 0 Å². The van der Waals surface area contributed by atoms with Crippen molar-refractivity contribution in [1.29, 1.82) is 0 Å². The second-order valence-corrected chi connectivity index (χ2v) is 6.73. The Hall–Kier alpha value is -1.92. The molecule has 4 rings (SSSR count). The molecule has 0 spiro atoms. The van der Waals surface area contributed by atoms with Gasteiger partial charge in [-0.05, 0) is 53.9 Å². The topological polar surface area (TPSA) is 70.8 Å². The molecule has 0 saturated carbocycles. The maximum Gasteiger partial charge on any atom is 0.183 e. The maximum atomic E-state index is 5.84. The van der Waals surface area contributed by atoms with Crippen molar-refractivity contribution in [1.82, 2.24) is 20.1 Å². The largest absolute Gasteiger partial charge is 0.384 e. The summed E-state index contributed by atoms with van der Waals surface area (Å²) in [4.78, 5) is 7.23. The zero-order valence-corrected chi connectivity index (χ0v) is 13.1. The van der Waals surface area contributed by atoms with Gasteiger partial charge >= 0.3 is 0 Å². The standard InChI is InChI=1S/C16H19N5S/c17-15-13-3-4-14(18-16(13)20-19-15)12-2-1-6-21(9-12)8-11-5-7-22-10-11/h3-5,7,10,12H,1-2,6,8-9H2,(H3,17,18,19,20)/t12-/m1/s1. The SMILES string of the molecule is Nc1[nH]nc2nc([C@@H]3CCCN(Cc4ccsc4)C3)ccc12. The molecule has 1 saturated heterocycles. The van der Waals surface area contributed by atoms with Gasteiger partial charge in [-0.15, -0.1) is 0 Å². The van der Waals surface area contributed by atoms with Gasteiger partial charge in [0.15, 0.2) is 5.65 Å². The fourth-order valence-electron chi connectivity index (χ4n) is 3.24. The molecule has 0 unspecified atom stereocenters. The molecule has 0 amide bonds. The van der Waals surface area contributed by atoms with Crippen molar-refractivity contribution >= 4 is 28.2 Å². The monoisotopic (exact) mass is 313 g/mol. The number of hydrogen-bond donors (Lipinski definition) is 2. The van der Waals surface area contributed by atoms with Crippen molar-refractivity contribution in [2.75, 3.05) is 18.8 Å². The van der Waals surface area contributed by atoms with Crippen molar-refractivity contribution in [3.8, 4) is 0 Å². The second-order valence-electron chi connectivity index (χ2n) is 5.95. The zero-order valence-electron chi connectivity index (χ0n) is 12.3. The van der Waals surface area contributed by atoms with Crippen molar-refractivity contribution in [3.05, 3.63) is 40.2 Å². The third-order valence-corrected chi connectivity index (χ3v) is 5.11. The third kappa shape index (κ3) is 2.60. The quantitative estimate of drug-likeness (QED) is 0.780. The van der Waals surface area contributed by atoms with Crippen LogP contribution in [0.1, 0.15) is 30.0 Å². The van der Waals surface area contributed by atoms with Crippen LogP contribution in [-0.4, -0.2) is 33.2 Å². The number of anilines is 1. The Morgan fingerprint density at radius 1 is 1.36 bits per heavy atom. The summed E-state index contributed by atoms with van der Waals surface area (Å²) in [5, 5.41) is 12.3. The maximum absolute atomic E-state index is 5.84. The highest BCUT2D eigenvalue weighted by Gasteiger charge is 2.23. The number of pyridine rings is 1. The van der Waals surface area contributed by atoms with E-state index in [9.17, 15) is 0 Å². The number of aromatic amines is 1. The van der Waals surface area contributed by atoms with Gasteiger partial charge in [0.1, 0.15) is 5.82 Å². The van der Waals surface area contributed by atoms with Crippen LogP contribution in [0.2, 0.25) is 0 Å². The van der Waals surface area contributed by atoms with Gasteiger partial charge in [-0.25, -0.2) is 4.98 Å². The molecule has 1 atom stereocenters. The first-order valence-electron chi connectivity index (χ1n) is 7.63. The van der Waals surface area contributed by atoms with Crippen LogP contribution >= 0.6 is 11.3 Å². The highest BCUT2D eigenvalue weighted by Crippen LogP contribution is 2.28. The van der Waals surface area contributed by atoms with Crippen LogP contribution in [0.25, 0.3) is 11.0 Å². The lowest BCUT2D eigenvalue weighted by molar-refractivity contribution is 0.199. The Morgan fingerprint density at radius 3 is 3.18 bits per heavy atom. The predicted octanol–water partition coefficient (Wildman–Crippen LogP) is 2.98. The number of hydrogen-bond acceptors (Lipinski definition) is 5. The number of fused-ring (bicyclic) bond motifs is 1. The average molecular weight is 313 g/mol. The average Bonchev–Trinajstić information content (AvgIpc) is 3.18. The summed E-state index contributed by atoms with van der Waals surface area (Å²) in [5.74, 6) is 1.08. The Labute approximate surface area is 133 Å². The summed E-state index contributed by atoms with van der Waals surface area (Å²) in [5.41, 5.74) is 9.11. The number of thiophene rings is 1. The summed E-state index contributed by atoms with van der Waals surface area (Å²) >= 11 is 1.77. The van der Waals surface area contributed by atoms with Crippen LogP contribution in [-0.2, 0) is 6.54 Å². The summed E-state index contributed by atoms with van der Waals surface area (Å²) in [7, 11) is 0. The number of nitrogen functional groups attached to an aromatic ring is 1. The number of H-pyrrole nitrogens is 1. The van der Waals surface area contributed by atoms with E-state index in [2.05, 4.69) is 38.0 Å². The minimum atomic E-state index is 0.481. The number of piperidine rings is 1. The van der Waals surface area contributed by atoms with E-state index in [0.29, 0.717) is 11.7 Å². The number of nitrogens with two attached hydrogens (primary N) is 1. The minimum Gasteiger partial charge on any atom is -0.384 e. The molecule has 1 aliphatic heterocycles. The van der Waals surface area contributed by atoms with Crippen molar-refractivity contribution in [3.63, 3.8) is 0 Å². The van der Waals surface area contributed by atoms with Crippen molar-refractivity contribution in [2.24, 2.45) is 0 Å². The number of rotatable bonds is 3. The molecule has 1 aliphatic rings. The van der Waals surface area contributed by atoms with E-state index in [1.807, 2.05) is 6.07 Å². The van der Waals surface area contributed by atoms with Gasteiger partial charge in [0, 0.05) is 24.7 Å². The predicted molar refractivity (Wildman–Crippen MR) is 89.9 cm³/mol. The van der Waals surface area contributed by atoms with Gasteiger partial charge < -0.3 is 5.73 Å². The minimum absolute atomic E-state index is 0.481. The lowest BCUT2D eigenvalue weighted by Gasteiger charge is -2.32. The summed E-state index contributed by atoms with van der Waals surface area (Å²) < 4.78 is 0. The van der Waals surface area contributed by atoms with Gasteiger partial charge in [-0.2, -0.15) is 16.4 Å². The van der Waals surface area contributed by atoms with Gasteiger partial charge in [0.05, 0.1) is 5.39 Å². The highest BCUT2D eigenvalue weighted by atomic mass is 32.1. The van der Waals surface area contributed by atoms with Crippen LogP contribution in [0.3, 0.4) is 0 Å². The third-order valence-electron chi connectivity index (χ3n) is 4.38. The van der Waals surface area contributed by atoms with Crippen molar-refractivity contribution in [2.45, 2.75) is 25.3 Å². The van der Waals surface area contributed by atoms with Gasteiger partial charge in [0.25, 0.3) is 0 Å². The Balaban J connectivity index is 1.53. The van der Waals surface area contributed by atoms with Crippen LogP contribution in [0, 0.1) is 0 Å². The molecule has 0 aromatic carbocycles. The number of nitrogens with one attached hydrogen (secondary N) is 1. The summed E-state index contributed by atoms with van der Waals surface area (Å²) in [6, 6.07) is 6.35. The van der Waals surface area contributed by atoms with E-state index in [-0.39, 0.29) is 0 Å². The first-order valence-corrected chi connectivity index (χ1v) is 8.58.